The molecule has 1 N–H and O–H groups in total. The molecule has 0 radical (unpaired) electrons. The highest BCUT2D eigenvalue weighted by Gasteiger charge is 2.32. The van der Waals surface area contributed by atoms with Gasteiger partial charge >= 0.3 is 10.3 Å². The molecule has 0 saturated heterocycles. The summed E-state index contributed by atoms with van der Waals surface area (Å²) in [5, 5.41) is 0. The third-order valence-corrected chi connectivity index (χ3v) is 3.48. The maximum Gasteiger partial charge on any atom is 0.432 e. The van der Waals surface area contributed by atoms with Crippen LogP contribution in [0.5, 0.6) is 0 Å². The van der Waals surface area contributed by atoms with E-state index in [2.05, 4.69) is 0 Å². The summed E-state index contributed by atoms with van der Waals surface area (Å²) < 4.78 is 30.1. The van der Waals surface area contributed by atoms with E-state index in [-0.39, 0.29) is 3.89 Å². The van der Waals surface area contributed by atoms with Crippen molar-refractivity contribution in [1.82, 2.24) is 0 Å². The SMILES string of the molecule is CCC[N+](C)(CC)S(=O)(=O)O. The van der Waals surface area contributed by atoms with Crippen LogP contribution < -0.4 is 0 Å². The molecule has 5 heteroatoms. The van der Waals surface area contributed by atoms with Crippen molar-refractivity contribution in [3.63, 3.8) is 0 Å². The van der Waals surface area contributed by atoms with Crippen molar-refractivity contribution in [3.8, 4) is 0 Å². The summed E-state index contributed by atoms with van der Waals surface area (Å²) >= 11 is 0. The molecule has 1 atom stereocenters. The van der Waals surface area contributed by atoms with Gasteiger partial charge in [0.1, 0.15) is 0 Å². The fourth-order valence-electron chi connectivity index (χ4n) is 0.910. The lowest BCUT2D eigenvalue weighted by atomic mass is 10.4. The Morgan fingerprint density at radius 1 is 1.36 bits per heavy atom. The maximum absolute atomic E-state index is 10.8. The Balaban J connectivity index is 4.61. The van der Waals surface area contributed by atoms with Gasteiger partial charge in [-0.2, -0.15) is 3.89 Å². The van der Waals surface area contributed by atoms with Crippen LogP contribution in [0.3, 0.4) is 0 Å². The second kappa shape index (κ2) is 3.51. The molecule has 0 aliphatic carbocycles. The Kier molecular flexibility index (Phi) is 3.47. The van der Waals surface area contributed by atoms with E-state index in [0.29, 0.717) is 13.1 Å². The van der Waals surface area contributed by atoms with Crippen molar-refractivity contribution in [3.05, 3.63) is 0 Å². The van der Waals surface area contributed by atoms with Gasteiger partial charge in [0.25, 0.3) is 0 Å². The lowest BCUT2D eigenvalue weighted by molar-refractivity contribution is -0.787. The summed E-state index contributed by atoms with van der Waals surface area (Å²) in [7, 11) is -2.43. The van der Waals surface area contributed by atoms with E-state index < -0.39 is 10.3 Å². The smallest absolute Gasteiger partial charge is 0.241 e. The summed E-state index contributed by atoms with van der Waals surface area (Å²) in [5.41, 5.74) is 0. The third kappa shape index (κ3) is 2.43. The zero-order chi connectivity index (χ0) is 9.12. The van der Waals surface area contributed by atoms with Gasteiger partial charge in [0.2, 0.25) is 0 Å². The molecule has 0 aliphatic heterocycles. The van der Waals surface area contributed by atoms with Crippen LogP contribution in [0.1, 0.15) is 20.3 Å². The van der Waals surface area contributed by atoms with E-state index in [0.717, 1.165) is 6.42 Å². The van der Waals surface area contributed by atoms with Crippen LogP contribution in [0.2, 0.25) is 0 Å². The number of hydrogen-bond acceptors (Lipinski definition) is 2. The van der Waals surface area contributed by atoms with Gasteiger partial charge in [-0.15, -0.1) is 8.42 Å². The minimum Gasteiger partial charge on any atom is -0.241 e. The Morgan fingerprint density at radius 3 is 1.91 bits per heavy atom. The van der Waals surface area contributed by atoms with Crippen LogP contribution in [0, 0.1) is 0 Å². The van der Waals surface area contributed by atoms with E-state index in [4.69, 9.17) is 4.55 Å². The average Bonchev–Trinajstić information content (AvgIpc) is 1.86. The van der Waals surface area contributed by atoms with Crippen molar-refractivity contribution < 1.29 is 16.9 Å². The first-order valence-corrected chi connectivity index (χ1v) is 5.09. The monoisotopic (exact) mass is 182 g/mol. The van der Waals surface area contributed by atoms with Gasteiger partial charge in [-0.3, -0.25) is 0 Å². The molecule has 0 aromatic carbocycles. The summed E-state index contributed by atoms with van der Waals surface area (Å²) in [6.45, 7) is 4.47. The van der Waals surface area contributed by atoms with Crippen LogP contribution in [0.15, 0.2) is 0 Å². The normalized spacial score (nSPS) is 17.8. The molecule has 68 valence electrons. The molecule has 1 unspecified atom stereocenters. The standard InChI is InChI=1S/C6H15NO3S/c1-4-6-7(3,5-2)11(8,9)10/h4-6H2,1-3H3/p+1. The molecule has 0 amide bonds. The molecule has 0 aromatic heterocycles. The lowest BCUT2D eigenvalue weighted by Gasteiger charge is -2.27. The Hall–Kier alpha value is -0.130. The van der Waals surface area contributed by atoms with Crippen LogP contribution >= 0.6 is 0 Å². The molecule has 0 saturated carbocycles. The largest absolute Gasteiger partial charge is 0.432 e. The molecular formula is C6H16NO3S+. The van der Waals surface area contributed by atoms with E-state index in [1.807, 2.05) is 6.92 Å². The molecule has 0 fully saturated rings. The summed E-state index contributed by atoms with van der Waals surface area (Å²) in [6, 6.07) is 0. The molecule has 0 aliphatic rings. The van der Waals surface area contributed by atoms with Gasteiger partial charge < -0.3 is 0 Å². The van der Waals surface area contributed by atoms with Crippen LogP contribution in [0.4, 0.5) is 0 Å². The molecule has 0 spiro atoms. The van der Waals surface area contributed by atoms with Crippen LogP contribution in [-0.2, 0) is 10.3 Å². The Bertz CT molecular complexity index is 212. The molecule has 4 nitrogen and oxygen atoms in total. The second-order valence-corrected chi connectivity index (χ2v) is 4.56. The minimum absolute atomic E-state index is 0.288. The summed E-state index contributed by atoms with van der Waals surface area (Å²) in [5.74, 6) is 0. The predicted molar refractivity (Wildman–Crippen MR) is 43.4 cm³/mol. The second-order valence-electron chi connectivity index (χ2n) is 2.78. The molecule has 0 rings (SSSR count). The van der Waals surface area contributed by atoms with E-state index in [1.54, 1.807) is 6.92 Å². The highest BCUT2D eigenvalue weighted by molar-refractivity contribution is 7.80. The maximum atomic E-state index is 10.8. The third-order valence-electron chi connectivity index (χ3n) is 1.92. The van der Waals surface area contributed by atoms with E-state index in [9.17, 15) is 8.42 Å². The van der Waals surface area contributed by atoms with E-state index in [1.165, 1.54) is 7.05 Å². The van der Waals surface area contributed by atoms with Crippen LogP contribution in [0.25, 0.3) is 0 Å². The van der Waals surface area contributed by atoms with Gasteiger partial charge in [0.15, 0.2) is 0 Å². The van der Waals surface area contributed by atoms with Crippen molar-refractivity contribution in [1.29, 1.82) is 0 Å². The van der Waals surface area contributed by atoms with Crippen LogP contribution in [-0.4, -0.2) is 37.0 Å². The number of rotatable bonds is 4. The molecular weight excluding hydrogens is 166 g/mol. The minimum atomic E-state index is -3.94. The highest BCUT2D eigenvalue weighted by atomic mass is 32.2. The van der Waals surface area contributed by atoms with Crippen molar-refractivity contribution in [2.45, 2.75) is 20.3 Å². The Labute approximate surface area is 68.3 Å². The highest BCUT2D eigenvalue weighted by Crippen LogP contribution is 2.09. The van der Waals surface area contributed by atoms with E-state index >= 15 is 0 Å². The molecule has 0 bridgehead atoms. The van der Waals surface area contributed by atoms with Crippen molar-refractivity contribution >= 4 is 10.3 Å². The predicted octanol–water partition coefficient (Wildman–Crippen LogP) is 0.666. The van der Waals surface area contributed by atoms with Gasteiger partial charge in [0.05, 0.1) is 20.1 Å². The van der Waals surface area contributed by atoms with Gasteiger partial charge in [-0.25, -0.2) is 4.55 Å². The first-order valence-electron chi connectivity index (χ1n) is 3.69. The topological polar surface area (TPSA) is 54.4 Å². The lowest BCUT2D eigenvalue weighted by Crippen LogP contribution is -2.49. The fraction of sp³-hybridized carbons (Fsp3) is 1.00. The van der Waals surface area contributed by atoms with Crippen molar-refractivity contribution in [2.24, 2.45) is 0 Å². The fourth-order valence-corrected chi connectivity index (χ4v) is 1.65. The van der Waals surface area contributed by atoms with Gasteiger partial charge in [-0.1, -0.05) is 6.92 Å². The molecule has 11 heavy (non-hydrogen) atoms. The zero-order valence-electron chi connectivity index (χ0n) is 7.24. The molecule has 0 heterocycles. The number of nitrogens with zero attached hydrogens (tertiary/aromatic N) is 1. The quantitative estimate of drug-likeness (QED) is 0.513. The zero-order valence-corrected chi connectivity index (χ0v) is 8.06. The Morgan fingerprint density at radius 2 is 1.82 bits per heavy atom. The first-order chi connectivity index (χ1) is 4.87. The molecule has 0 aromatic rings. The summed E-state index contributed by atoms with van der Waals surface area (Å²) in [6.07, 6.45) is 0.740. The first kappa shape index (κ1) is 10.9. The van der Waals surface area contributed by atoms with Crippen molar-refractivity contribution in [2.75, 3.05) is 20.1 Å². The summed E-state index contributed by atoms with van der Waals surface area (Å²) in [4.78, 5) is 0. The van der Waals surface area contributed by atoms with Gasteiger partial charge in [-0.05, 0) is 13.3 Å². The van der Waals surface area contributed by atoms with Gasteiger partial charge in [0, 0.05) is 0 Å². The number of hydrogen-bond donors (Lipinski definition) is 1. The average molecular weight is 182 g/mol. The number of quaternary nitrogens is 1.